The van der Waals surface area contributed by atoms with Gasteiger partial charge in [0.25, 0.3) is 0 Å². The van der Waals surface area contributed by atoms with E-state index in [1.807, 2.05) is 0 Å². The summed E-state index contributed by atoms with van der Waals surface area (Å²) in [5.74, 6) is -0.945. The zero-order chi connectivity index (χ0) is 18.5. The molecule has 0 radical (unpaired) electrons. The number of nitrogens with zero attached hydrogens (tertiary/aromatic N) is 1. The zero-order valence-corrected chi connectivity index (χ0v) is 14.5. The van der Waals surface area contributed by atoms with Crippen LogP contribution in [0.25, 0.3) is 0 Å². The summed E-state index contributed by atoms with van der Waals surface area (Å²) >= 11 is 0. The largest absolute Gasteiger partial charge is 0.399 e. The normalized spacial score (nSPS) is 14.9. The second-order valence-electron chi connectivity index (χ2n) is 6.64. The van der Waals surface area contributed by atoms with Crippen molar-refractivity contribution in [3.63, 3.8) is 0 Å². The smallest absolute Gasteiger partial charge is 0.313 e. The first-order valence-electron chi connectivity index (χ1n) is 8.71. The number of likely N-dealkylation sites (tertiary alicyclic amines) is 1. The number of benzene rings is 2. The van der Waals surface area contributed by atoms with Gasteiger partial charge in [0.2, 0.25) is 0 Å². The molecular weight excluding hydrogens is 333 g/mol. The summed E-state index contributed by atoms with van der Waals surface area (Å²) in [5.41, 5.74) is 7.84. The van der Waals surface area contributed by atoms with E-state index in [-0.39, 0.29) is 5.82 Å². The summed E-state index contributed by atoms with van der Waals surface area (Å²) in [4.78, 5) is 26.0. The average molecular weight is 355 g/mol. The van der Waals surface area contributed by atoms with Gasteiger partial charge in [-0.25, -0.2) is 4.39 Å². The van der Waals surface area contributed by atoms with E-state index in [0.29, 0.717) is 30.4 Å². The fourth-order valence-corrected chi connectivity index (χ4v) is 3.19. The summed E-state index contributed by atoms with van der Waals surface area (Å²) in [7, 11) is 0. The van der Waals surface area contributed by atoms with Crippen molar-refractivity contribution in [1.82, 2.24) is 4.90 Å². The lowest BCUT2D eigenvalue weighted by molar-refractivity contribution is -0.144. The lowest BCUT2D eigenvalue weighted by Crippen LogP contribution is -2.44. The summed E-state index contributed by atoms with van der Waals surface area (Å²) in [5, 5.41) is 2.60. The molecule has 1 heterocycles. The summed E-state index contributed by atoms with van der Waals surface area (Å²) in [6, 6.07) is 13.2. The first-order valence-corrected chi connectivity index (χ1v) is 8.71. The van der Waals surface area contributed by atoms with Crippen LogP contribution in [0, 0.1) is 11.7 Å². The Balaban J connectivity index is 1.49. The van der Waals surface area contributed by atoms with E-state index < -0.39 is 11.8 Å². The topological polar surface area (TPSA) is 75.4 Å². The molecule has 0 spiro atoms. The fourth-order valence-electron chi connectivity index (χ4n) is 3.19. The highest BCUT2D eigenvalue weighted by atomic mass is 19.1. The number of nitrogens with one attached hydrogen (secondary N) is 1. The number of rotatable bonds is 3. The summed E-state index contributed by atoms with van der Waals surface area (Å²) < 4.78 is 13.0. The van der Waals surface area contributed by atoms with Gasteiger partial charge in [-0.05, 0) is 67.1 Å². The number of halogens is 1. The van der Waals surface area contributed by atoms with Gasteiger partial charge in [0.15, 0.2) is 0 Å². The Hall–Kier alpha value is -2.89. The Morgan fingerprint density at radius 2 is 1.65 bits per heavy atom. The molecule has 2 amide bonds. The van der Waals surface area contributed by atoms with Crippen LogP contribution in [0.1, 0.15) is 18.4 Å². The molecule has 2 aromatic carbocycles. The molecule has 136 valence electrons. The standard InChI is InChI=1S/C20H22FN3O2/c21-16-3-1-14(2-4-16)13-15-9-11-24(12-10-15)20(26)19(25)23-18-7-5-17(22)6-8-18/h1-8,15H,9-13,22H2,(H,23,25). The highest BCUT2D eigenvalue weighted by Gasteiger charge is 2.27. The number of hydrogen-bond donors (Lipinski definition) is 2. The fraction of sp³-hybridized carbons (Fsp3) is 0.300. The number of carbonyl (C=O) groups excluding carboxylic acids is 2. The van der Waals surface area contributed by atoms with Gasteiger partial charge in [-0.15, -0.1) is 0 Å². The molecule has 0 aromatic heterocycles. The maximum Gasteiger partial charge on any atom is 0.313 e. The van der Waals surface area contributed by atoms with Gasteiger partial charge in [-0.3, -0.25) is 9.59 Å². The van der Waals surface area contributed by atoms with Gasteiger partial charge in [-0.2, -0.15) is 0 Å². The van der Waals surface area contributed by atoms with Crippen molar-refractivity contribution in [1.29, 1.82) is 0 Å². The SMILES string of the molecule is Nc1ccc(NC(=O)C(=O)N2CCC(Cc3ccc(F)cc3)CC2)cc1. The van der Waals surface area contributed by atoms with E-state index in [1.165, 1.54) is 12.1 Å². The van der Waals surface area contributed by atoms with E-state index in [4.69, 9.17) is 5.73 Å². The molecule has 1 saturated heterocycles. The molecule has 1 fully saturated rings. The Kier molecular flexibility index (Phi) is 5.51. The Morgan fingerprint density at radius 1 is 1.04 bits per heavy atom. The van der Waals surface area contributed by atoms with Crippen LogP contribution in [-0.4, -0.2) is 29.8 Å². The van der Waals surface area contributed by atoms with Crippen LogP contribution in [0.5, 0.6) is 0 Å². The zero-order valence-electron chi connectivity index (χ0n) is 14.5. The molecular formula is C20H22FN3O2. The predicted molar refractivity (Wildman–Crippen MR) is 98.9 cm³/mol. The first-order chi connectivity index (χ1) is 12.5. The van der Waals surface area contributed by atoms with Crippen LogP contribution in [0.15, 0.2) is 48.5 Å². The van der Waals surface area contributed by atoms with Crippen molar-refractivity contribution in [3.05, 3.63) is 59.9 Å². The molecule has 0 saturated carbocycles. The van der Waals surface area contributed by atoms with Crippen LogP contribution in [0.2, 0.25) is 0 Å². The Morgan fingerprint density at radius 3 is 2.27 bits per heavy atom. The third-order valence-electron chi connectivity index (χ3n) is 4.70. The maximum absolute atomic E-state index is 13.0. The van der Waals surface area contributed by atoms with Gasteiger partial charge >= 0.3 is 11.8 Å². The molecule has 0 unspecified atom stereocenters. The van der Waals surface area contributed by atoms with Crippen LogP contribution < -0.4 is 11.1 Å². The van der Waals surface area contributed by atoms with E-state index in [2.05, 4.69) is 5.32 Å². The number of carbonyl (C=O) groups is 2. The minimum absolute atomic E-state index is 0.235. The number of hydrogen-bond acceptors (Lipinski definition) is 3. The van der Waals surface area contributed by atoms with Crippen molar-refractivity contribution in [3.8, 4) is 0 Å². The van der Waals surface area contributed by atoms with Crippen LogP contribution in [0.3, 0.4) is 0 Å². The molecule has 2 aromatic rings. The molecule has 6 heteroatoms. The second kappa shape index (κ2) is 7.99. The van der Waals surface area contributed by atoms with Crippen LogP contribution in [-0.2, 0) is 16.0 Å². The molecule has 26 heavy (non-hydrogen) atoms. The van der Waals surface area contributed by atoms with Gasteiger partial charge in [-0.1, -0.05) is 12.1 Å². The number of nitrogen functional groups attached to an aromatic ring is 1. The number of nitrogens with two attached hydrogens (primary N) is 1. The lowest BCUT2D eigenvalue weighted by Gasteiger charge is -2.31. The predicted octanol–water partition coefficient (Wildman–Crippen LogP) is 2.83. The van der Waals surface area contributed by atoms with E-state index in [9.17, 15) is 14.0 Å². The van der Waals surface area contributed by atoms with Crippen molar-refractivity contribution in [2.45, 2.75) is 19.3 Å². The molecule has 5 nitrogen and oxygen atoms in total. The third kappa shape index (κ3) is 4.59. The number of amides is 2. The Labute approximate surface area is 152 Å². The van der Waals surface area contributed by atoms with E-state index in [1.54, 1.807) is 41.3 Å². The van der Waals surface area contributed by atoms with Gasteiger partial charge in [0, 0.05) is 24.5 Å². The molecule has 1 aliphatic rings. The molecule has 0 bridgehead atoms. The molecule has 0 atom stereocenters. The van der Waals surface area contributed by atoms with Gasteiger partial charge in [0.05, 0.1) is 0 Å². The van der Waals surface area contributed by atoms with Gasteiger partial charge in [0.1, 0.15) is 5.82 Å². The van der Waals surface area contributed by atoms with Gasteiger partial charge < -0.3 is 16.0 Å². The molecule has 3 rings (SSSR count). The molecule has 3 N–H and O–H groups in total. The van der Waals surface area contributed by atoms with Crippen molar-refractivity contribution in [2.75, 3.05) is 24.1 Å². The van der Waals surface area contributed by atoms with Crippen LogP contribution in [0.4, 0.5) is 15.8 Å². The van der Waals surface area contributed by atoms with E-state index in [0.717, 1.165) is 24.8 Å². The monoisotopic (exact) mass is 355 g/mol. The minimum Gasteiger partial charge on any atom is -0.399 e. The van der Waals surface area contributed by atoms with Crippen LogP contribution >= 0.6 is 0 Å². The number of anilines is 2. The third-order valence-corrected chi connectivity index (χ3v) is 4.70. The minimum atomic E-state index is -0.633. The van der Waals surface area contributed by atoms with E-state index >= 15 is 0 Å². The number of piperidine rings is 1. The van der Waals surface area contributed by atoms with Crippen molar-refractivity contribution in [2.24, 2.45) is 5.92 Å². The quantitative estimate of drug-likeness (QED) is 0.657. The summed E-state index contributed by atoms with van der Waals surface area (Å²) in [6.45, 7) is 1.11. The Bertz CT molecular complexity index is 767. The highest BCUT2D eigenvalue weighted by molar-refractivity contribution is 6.39. The molecule has 1 aliphatic heterocycles. The molecule has 0 aliphatic carbocycles. The highest BCUT2D eigenvalue weighted by Crippen LogP contribution is 2.22. The lowest BCUT2D eigenvalue weighted by atomic mass is 9.90. The van der Waals surface area contributed by atoms with Crippen molar-refractivity contribution >= 4 is 23.2 Å². The maximum atomic E-state index is 13.0. The second-order valence-corrected chi connectivity index (χ2v) is 6.64. The first kappa shape index (κ1) is 17.9. The summed E-state index contributed by atoms with van der Waals surface area (Å²) in [6.07, 6.45) is 2.52. The average Bonchev–Trinajstić information content (AvgIpc) is 2.65. The van der Waals surface area contributed by atoms with Crippen molar-refractivity contribution < 1.29 is 14.0 Å².